The molecule has 55 heavy (non-hydrogen) atoms. The molecule has 2 saturated heterocycles. The molecular weight excluding hydrogens is 747 g/mol. The number of allylic oxidation sites excluding steroid dienone is 2. The number of hydrazine groups is 1. The number of urea groups is 1. The predicted molar refractivity (Wildman–Crippen MR) is 201 cm³/mol. The summed E-state index contributed by atoms with van der Waals surface area (Å²) in [6, 6.07) is 24.4. The molecule has 4 aromatic carbocycles. The Balaban J connectivity index is 1.32. The normalized spacial score (nSPS) is 25.6. The van der Waals surface area contributed by atoms with Gasteiger partial charge in [0, 0.05) is 22.6 Å². The molecule has 2 heterocycles. The number of phenolic OH excluding ortho intramolecular Hbond substituents is 1. The molecule has 1 saturated carbocycles. The van der Waals surface area contributed by atoms with Gasteiger partial charge in [0.15, 0.2) is 0 Å². The molecule has 6 atom stereocenters. The summed E-state index contributed by atoms with van der Waals surface area (Å²) in [7, 11) is 1.51. The van der Waals surface area contributed by atoms with Crippen molar-refractivity contribution < 1.29 is 38.6 Å². The number of likely N-dealkylation sites (tertiary alicyclic amines) is 1. The van der Waals surface area contributed by atoms with Gasteiger partial charge in [-0.25, -0.2) is 4.79 Å². The Morgan fingerprint density at radius 2 is 1.64 bits per heavy atom. The highest BCUT2D eigenvalue weighted by Gasteiger charge is 2.71. The van der Waals surface area contributed by atoms with E-state index in [0.29, 0.717) is 38.1 Å². The number of carbonyl (C=O) groups is 5. The zero-order valence-electron chi connectivity index (χ0n) is 29.3. The highest BCUT2D eigenvalue weighted by atomic mass is 35.5. The van der Waals surface area contributed by atoms with Gasteiger partial charge in [-0.15, -0.1) is 0 Å². The smallest absolute Gasteiger partial charge is 0.328 e. The molecule has 0 aromatic heterocycles. The average Bonchev–Trinajstić information content (AvgIpc) is 3.56. The number of ether oxygens (including phenoxy) is 2. The quantitative estimate of drug-likeness (QED) is 0.136. The van der Waals surface area contributed by atoms with Crippen molar-refractivity contribution in [2.45, 2.75) is 30.8 Å². The van der Waals surface area contributed by atoms with Gasteiger partial charge in [-0.2, -0.15) is 9.91 Å². The number of benzene rings is 4. The van der Waals surface area contributed by atoms with E-state index in [9.17, 15) is 24.3 Å². The largest absolute Gasteiger partial charge is 0.508 e. The Morgan fingerprint density at radius 1 is 0.909 bits per heavy atom. The summed E-state index contributed by atoms with van der Waals surface area (Å²) in [6.07, 6.45) is 1.82. The second-order valence-electron chi connectivity index (χ2n) is 14.1. The van der Waals surface area contributed by atoms with Crippen molar-refractivity contribution in [2.75, 3.05) is 12.5 Å². The lowest BCUT2D eigenvalue weighted by molar-refractivity contribution is -0.139. The van der Waals surface area contributed by atoms with E-state index in [2.05, 4.69) is 5.43 Å². The van der Waals surface area contributed by atoms with Crippen LogP contribution < -0.4 is 20.6 Å². The summed E-state index contributed by atoms with van der Waals surface area (Å²) < 4.78 is 11.5. The number of nitrogens with one attached hydrogen (secondary N) is 1. The molecule has 3 fully saturated rings. The van der Waals surface area contributed by atoms with Gasteiger partial charge in [-0.3, -0.25) is 24.6 Å². The zero-order chi connectivity index (χ0) is 38.8. The Morgan fingerprint density at radius 3 is 2.31 bits per heavy atom. The Labute approximate surface area is 325 Å². The number of anilines is 1. The van der Waals surface area contributed by atoms with E-state index in [1.54, 1.807) is 54.6 Å². The van der Waals surface area contributed by atoms with Crippen molar-refractivity contribution in [1.29, 1.82) is 0 Å². The fourth-order valence-corrected chi connectivity index (χ4v) is 9.45. The van der Waals surface area contributed by atoms with Crippen LogP contribution in [0.3, 0.4) is 0 Å². The molecule has 0 spiro atoms. The molecule has 8 rings (SSSR count). The molecule has 0 bridgehead atoms. The van der Waals surface area contributed by atoms with E-state index < -0.39 is 64.7 Å². The van der Waals surface area contributed by atoms with E-state index >= 15 is 4.79 Å². The summed E-state index contributed by atoms with van der Waals surface area (Å²) in [4.78, 5) is 70.5. The number of rotatable bonds is 8. The van der Waals surface area contributed by atoms with Crippen molar-refractivity contribution in [2.24, 2.45) is 29.4 Å². The summed E-state index contributed by atoms with van der Waals surface area (Å²) in [6.45, 7) is 0.227. The van der Waals surface area contributed by atoms with Crippen molar-refractivity contribution in [3.63, 3.8) is 0 Å². The van der Waals surface area contributed by atoms with Crippen LogP contribution in [0.15, 0.2) is 103 Å². The van der Waals surface area contributed by atoms with Crippen LogP contribution in [-0.4, -0.2) is 51.8 Å². The van der Waals surface area contributed by atoms with Crippen LogP contribution in [0.2, 0.25) is 10.0 Å². The van der Waals surface area contributed by atoms with Crippen LogP contribution in [-0.2, 0) is 31.2 Å². The number of phenols is 1. The minimum absolute atomic E-state index is 0.0444. The van der Waals surface area contributed by atoms with Crippen molar-refractivity contribution in [3.8, 4) is 17.2 Å². The van der Waals surface area contributed by atoms with E-state index in [1.807, 2.05) is 30.3 Å². The van der Waals surface area contributed by atoms with Crippen LogP contribution in [0, 0.1) is 23.7 Å². The Kier molecular flexibility index (Phi) is 9.05. The summed E-state index contributed by atoms with van der Waals surface area (Å²) in [5.74, 6) is -7.01. The Hall–Kier alpha value is -5.85. The van der Waals surface area contributed by atoms with Crippen LogP contribution in [0.5, 0.6) is 17.2 Å². The second-order valence-corrected chi connectivity index (χ2v) is 14.9. The maximum Gasteiger partial charge on any atom is 0.328 e. The number of nitrogens with two attached hydrogens (primary N) is 1. The SMILES string of the molecule is COc1ccc(C23C(=O)N(Nc4ccc(Cl)cc4Cl)C(=O)C2CC2C(=CCC4C(=O)N(C(N)=O)C(=O)C42)C3c2ccc(OCc3ccccc3)cc2O)cc1. The van der Waals surface area contributed by atoms with Gasteiger partial charge in [-0.1, -0.05) is 83.4 Å². The number of imide groups is 4. The van der Waals surface area contributed by atoms with Gasteiger partial charge in [0.1, 0.15) is 23.9 Å². The minimum atomic E-state index is -1.71. The number of aromatic hydroxyl groups is 1. The number of halogens is 2. The minimum Gasteiger partial charge on any atom is -0.508 e. The molecule has 4 N–H and O–H groups in total. The second kappa shape index (κ2) is 13.8. The molecular formula is C41H34Cl2N4O8. The molecule has 2 aliphatic heterocycles. The van der Waals surface area contributed by atoms with Gasteiger partial charge >= 0.3 is 6.03 Å². The molecule has 4 aromatic rings. The highest BCUT2D eigenvalue weighted by Crippen LogP contribution is 2.65. The Bertz CT molecular complexity index is 2300. The topological polar surface area (TPSA) is 169 Å². The average molecular weight is 782 g/mol. The molecule has 2 aliphatic carbocycles. The third-order valence-corrected chi connectivity index (χ3v) is 11.9. The summed E-state index contributed by atoms with van der Waals surface area (Å²) in [5, 5.41) is 13.4. The number of primary amides is 1. The first-order valence-corrected chi connectivity index (χ1v) is 18.3. The van der Waals surface area contributed by atoms with E-state index in [0.717, 1.165) is 10.6 Å². The maximum atomic E-state index is 15.4. The van der Waals surface area contributed by atoms with Crippen LogP contribution in [0.4, 0.5) is 10.5 Å². The molecule has 4 aliphatic rings. The van der Waals surface area contributed by atoms with Gasteiger partial charge in [-0.05, 0) is 66.3 Å². The van der Waals surface area contributed by atoms with E-state index in [1.165, 1.54) is 19.2 Å². The molecule has 6 amide bonds. The number of nitrogens with zero attached hydrogens (tertiary/aromatic N) is 2. The third-order valence-electron chi connectivity index (χ3n) is 11.4. The fraction of sp³-hybridized carbons (Fsp3) is 0.244. The lowest BCUT2D eigenvalue weighted by atomic mass is 9.49. The number of carbonyl (C=O) groups excluding carboxylic acids is 5. The summed E-state index contributed by atoms with van der Waals surface area (Å²) in [5.41, 5.74) is 9.20. The standard InChI is InChI=1S/C41H34Cl2N4O8/c1-54-24-10-7-22(8-11-24)41-30(37(50)47(39(41)52)45-32-16-9-23(42)17-31(32)43)19-29-26(14-15-28-34(29)38(51)46(36(28)49)40(44)53)35(41)27-13-12-25(18-33(27)48)55-20-21-5-3-2-4-6-21/h2-14,16-18,28-30,34-35,45,48H,15,19-20H2,1H3,(H2,44,53). The molecule has 12 nitrogen and oxygen atoms in total. The predicted octanol–water partition coefficient (Wildman–Crippen LogP) is 6.35. The van der Waals surface area contributed by atoms with Gasteiger partial charge < -0.3 is 20.3 Å². The van der Waals surface area contributed by atoms with Crippen LogP contribution in [0.25, 0.3) is 0 Å². The van der Waals surface area contributed by atoms with Crippen molar-refractivity contribution >= 4 is 58.5 Å². The van der Waals surface area contributed by atoms with Crippen LogP contribution in [0.1, 0.15) is 35.4 Å². The molecule has 0 radical (unpaired) electrons. The lowest BCUT2D eigenvalue weighted by Gasteiger charge is -2.50. The molecule has 280 valence electrons. The van der Waals surface area contributed by atoms with Crippen molar-refractivity contribution in [3.05, 3.63) is 129 Å². The van der Waals surface area contributed by atoms with Gasteiger partial charge in [0.2, 0.25) is 11.8 Å². The number of hydrogen-bond acceptors (Lipinski definition) is 9. The first kappa shape index (κ1) is 36.1. The maximum absolute atomic E-state index is 15.4. The summed E-state index contributed by atoms with van der Waals surface area (Å²) >= 11 is 12.7. The zero-order valence-corrected chi connectivity index (χ0v) is 30.8. The number of methoxy groups -OCH3 is 1. The molecule has 6 unspecified atom stereocenters. The number of hydrogen-bond donors (Lipinski definition) is 3. The van der Waals surface area contributed by atoms with E-state index in [-0.39, 0.29) is 35.9 Å². The number of fused-ring (bicyclic) bond motifs is 4. The van der Waals surface area contributed by atoms with E-state index in [4.69, 9.17) is 38.4 Å². The third kappa shape index (κ3) is 5.70. The van der Waals surface area contributed by atoms with Crippen LogP contribution >= 0.6 is 23.2 Å². The highest BCUT2D eigenvalue weighted by molar-refractivity contribution is 6.36. The first-order chi connectivity index (χ1) is 26.4. The first-order valence-electron chi connectivity index (χ1n) is 17.6. The fourth-order valence-electron chi connectivity index (χ4n) is 9.00. The van der Waals surface area contributed by atoms with Crippen molar-refractivity contribution in [1.82, 2.24) is 9.91 Å². The lowest BCUT2D eigenvalue weighted by Crippen LogP contribution is -2.53. The monoisotopic (exact) mass is 780 g/mol. The van der Waals surface area contributed by atoms with Gasteiger partial charge in [0.05, 0.1) is 41.0 Å². The molecule has 14 heteroatoms. The number of amides is 6. The van der Waals surface area contributed by atoms with Gasteiger partial charge in [0.25, 0.3) is 11.8 Å².